The van der Waals surface area contributed by atoms with Gasteiger partial charge in [-0.2, -0.15) is 5.26 Å². The van der Waals surface area contributed by atoms with Gasteiger partial charge in [-0.25, -0.2) is 4.98 Å². The van der Waals surface area contributed by atoms with Gasteiger partial charge in [0.25, 0.3) is 0 Å². The molecule has 0 saturated carbocycles. The van der Waals surface area contributed by atoms with Crippen LogP contribution in [0.5, 0.6) is 0 Å². The van der Waals surface area contributed by atoms with Crippen LogP contribution >= 0.6 is 0 Å². The van der Waals surface area contributed by atoms with Gasteiger partial charge >= 0.3 is 0 Å². The van der Waals surface area contributed by atoms with Crippen LogP contribution in [0, 0.1) is 11.3 Å². The van der Waals surface area contributed by atoms with Crippen molar-refractivity contribution in [3.63, 3.8) is 0 Å². The topological polar surface area (TPSA) is 61.6 Å². The average molecular weight is 246 g/mol. The Morgan fingerprint density at radius 3 is 2.74 bits per heavy atom. The molecule has 0 fully saturated rings. The molecular formula is C15H10N4. The summed E-state index contributed by atoms with van der Waals surface area (Å²) in [4.78, 5) is 8.50. The van der Waals surface area contributed by atoms with E-state index in [1.54, 1.807) is 24.5 Å². The summed E-state index contributed by atoms with van der Waals surface area (Å²) >= 11 is 0. The highest BCUT2D eigenvalue weighted by Crippen LogP contribution is 2.24. The van der Waals surface area contributed by atoms with E-state index in [0.717, 1.165) is 16.6 Å². The second kappa shape index (κ2) is 4.75. The first kappa shape index (κ1) is 11.2. The largest absolute Gasteiger partial charge is 0.340 e. The number of aromatic nitrogens is 2. The van der Waals surface area contributed by atoms with E-state index in [2.05, 4.69) is 15.3 Å². The number of pyridine rings is 2. The van der Waals surface area contributed by atoms with Gasteiger partial charge in [-0.15, -0.1) is 0 Å². The third-order valence-electron chi connectivity index (χ3n) is 2.80. The van der Waals surface area contributed by atoms with Gasteiger partial charge in [-0.3, -0.25) is 4.98 Å². The van der Waals surface area contributed by atoms with Crippen molar-refractivity contribution in [2.24, 2.45) is 0 Å². The first-order valence-corrected chi connectivity index (χ1v) is 5.84. The SMILES string of the molecule is N#Cc1ccc(Nc2cccc3ncccc23)nc1. The Kier molecular flexibility index (Phi) is 2.79. The van der Waals surface area contributed by atoms with Gasteiger partial charge in [-0.05, 0) is 36.4 Å². The highest BCUT2D eigenvalue weighted by Gasteiger charge is 2.02. The fraction of sp³-hybridized carbons (Fsp3) is 0. The Hall–Kier alpha value is -2.93. The summed E-state index contributed by atoms with van der Waals surface area (Å²) in [6.07, 6.45) is 3.32. The first-order valence-electron chi connectivity index (χ1n) is 5.84. The lowest BCUT2D eigenvalue weighted by Crippen LogP contribution is -1.94. The molecule has 0 radical (unpaired) electrons. The number of rotatable bonds is 2. The average Bonchev–Trinajstić information content (AvgIpc) is 2.48. The van der Waals surface area contributed by atoms with Gasteiger partial charge in [0.15, 0.2) is 0 Å². The van der Waals surface area contributed by atoms with Crippen molar-refractivity contribution in [1.29, 1.82) is 5.26 Å². The van der Waals surface area contributed by atoms with E-state index in [1.165, 1.54) is 0 Å². The standard InChI is InChI=1S/C15H10N4/c16-9-11-6-7-15(18-10-11)19-14-5-1-4-13-12(14)3-2-8-17-13/h1-8,10H,(H,18,19). The number of fused-ring (bicyclic) bond motifs is 1. The minimum Gasteiger partial charge on any atom is -0.340 e. The molecule has 19 heavy (non-hydrogen) atoms. The van der Waals surface area contributed by atoms with Crippen molar-refractivity contribution in [3.05, 3.63) is 60.4 Å². The van der Waals surface area contributed by atoms with Crippen molar-refractivity contribution in [3.8, 4) is 6.07 Å². The zero-order chi connectivity index (χ0) is 13.1. The second-order valence-electron chi connectivity index (χ2n) is 4.04. The molecule has 0 aliphatic heterocycles. The predicted octanol–water partition coefficient (Wildman–Crippen LogP) is 3.25. The first-order chi connectivity index (χ1) is 9.36. The molecule has 2 aromatic heterocycles. The summed E-state index contributed by atoms with van der Waals surface area (Å²) in [5.74, 6) is 0.704. The molecule has 0 spiro atoms. The molecule has 1 aromatic carbocycles. The molecule has 0 amide bonds. The minimum absolute atomic E-state index is 0.546. The van der Waals surface area contributed by atoms with Crippen LogP contribution in [-0.2, 0) is 0 Å². The molecule has 0 unspecified atom stereocenters. The maximum Gasteiger partial charge on any atom is 0.130 e. The van der Waals surface area contributed by atoms with E-state index < -0.39 is 0 Å². The third kappa shape index (κ3) is 2.22. The van der Waals surface area contributed by atoms with Crippen molar-refractivity contribution in [2.45, 2.75) is 0 Å². The van der Waals surface area contributed by atoms with Crippen molar-refractivity contribution < 1.29 is 0 Å². The monoisotopic (exact) mass is 246 g/mol. The molecule has 0 bridgehead atoms. The summed E-state index contributed by atoms with van der Waals surface area (Å²) < 4.78 is 0. The van der Waals surface area contributed by atoms with Crippen LogP contribution in [0.4, 0.5) is 11.5 Å². The molecule has 0 aliphatic rings. The summed E-state index contributed by atoms with van der Waals surface area (Å²) in [5.41, 5.74) is 2.43. The van der Waals surface area contributed by atoms with Gasteiger partial charge in [-0.1, -0.05) is 6.07 Å². The lowest BCUT2D eigenvalue weighted by Gasteiger charge is -2.08. The number of hydrogen-bond donors (Lipinski definition) is 1. The molecule has 90 valence electrons. The number of nitriles is 1. The molecule has 3 aromatic rings. The van der Waals surface area contributed by atoms with E-state index in [9.17, 15) is 0 Å². The molecule has 4 nitrogen and oxygen atoms in total. The van der Waals surface area contributed by atoms with Crippen LogP contribution in [-0.4, -0.2) is 9.97 Å². The van der Waals surface area contributed by atoms with Crippen molar-refractivity contribution in [1.82, 2.24) is 9.97 Å². The summed E-state index contributed by atoms with van der Waals surface area (Å²) in [6.45, 7) is 0. The van der Waals surface area contributed by atoms with Gasteiger partial charge in [0.05, 0.1) is 11.1 Å². The van der Waals surface area contributed by atoms with E-state index in [4.69, 9.17) is 5.26 Å². The van der Waals surface area contributed by atoms with Crippen LogP contribution in [0.3, 0.4) is 0 Å². The number of nitrogens with zero attached hydrogens (tertiary/aromatic N) is 3. The lowest BCUT2D eigenvalue weighted by molar-refractivity contribution is 1.29. The lowest BCUT2D eigenvalue weighted by atomic mass is 10.2. The molecule has 0 aliphatic carbocycles. The highest BCUT2D eigenvalue weighted by molar-refractivity contribution is 5.92. The molecule has 2 heterocycles. The zero-order valence-corrected chi connectivity index (χ0v) is 10.0. The highest BCUT2D eigenvalue weighted by atomic mass is 15.0. The number of nitrogens with one attached hydrogen (secondary N) is 1. The van der Waals surface area contributed by atoms with E-state index in [-0.39, 0.29) is 0 Å². The van der Waals surface area contributed by atoms with E-state index in [0.29, 0.717) is 11.4 Å². The van der Waals surface area contributed by atoms with Crippen molar-refractivity contribution >= 4 is 22.4 Å². The Morgan fingerprint density at radius 1 is 1.00 bits per heavy atom. The molecule has 3 rings (SSSR count). The van der Waals surface area contributed by atoms with E-state index in [1.807, 2.05) is 36.4 Å². The zero-order valence-electron chi connectivity index (χ0n) is 10.0. The second-order valence-corrected chi connectivity index (χ2v) is 4.04. The quantitative estimate of drug-likeness (QED) is 0.754. The predicted molar refractivity (Wildman–Crippen MR) is 74.0 cm³/mol. The van der Waals surface area contributed by atoms with Crippen LogP contribution in [0.15, 0.2) is 54.9 Å². The number of hydrogen-bond acceptors (Lipinski definition) is 4. The summed E-state index contributed by atoms with van der Waals surface area (Å²) in [6, 6.07) is 15.4. The number of benzene rings is 1. The van der Waals surface area contributed by atoms with Gasteiger partial charge in [0.1, 0.15) is 11.9 Å². The fourth-order valence-corrected chi connectivity index (χ4v) is 1.88. The third-order valence-corrected chi connectivity index (χ3v) is 2.80. The van der Waals surface area contributed by atoms with Crippen LogP contribution in [0.25, 0.3) is 10.9 Å². The number of anilines is 2. The maximum atomic E-state index is 8.74. The molecular weight excluding hydrogens is 236 g/mol. The molecule has 1 N–H and O–H groups in total. The Morgan fingerprint density at radius 2 is 1.95 bits per heavy atom. The maximum absolute atomic E-state index is 8.74. The normalized spacial score (nSPS) is 10.1. The smallest absolute Gasteiger partial charge is 0.130 e. The van der Waals surface area contributed by atoms with Crippen LogP contribution in [0.2, 0.25) is 0 Å². The Bertz CT molecular complexity index is 752. The molecule has 0 saturated heterocycles. The van der Waals surface area contributed by atoms with Crippen LogP contribution in [0.1, 0.15) is 5.56 Å². The Balaban J connectivity index is 1.99. The molecule has 0 atom stereocenters. The van der Waals surface area contributed by atoms with Gasteiger partial charge in [0.2, 0.25) is 0 Å². The fourth-order valence-electron chi connectivity index (χ4n) is 1.88. The molecule has 4 heteroatoms. The summed E-state index contributed by atoms with van der Waals surface area (Å²) in [7, 11) is 0. The Labute approximate surface area is 110 Å². The minimum atomic E-state index is 0.546. The van der Waals surface area contributed by atoms with Crippen molar-refractivity contribution in [2.75, 3.05) is 5.32 Å². The van der Waals surface area contributed by atoms with Gasteiger partial charge in [0, 0.05) is 23.5 Å². The van der Waals surface area contributed by atoms with Gasteiger partial charge < -0.3 is 5.32 Å². The van der Waals surface area contributed by atoms with Crippen LogP contribution < -0.4 is 5.32 Å². The summed E-state index contributed by atoms with van der Waals surface area (Å²) in [5, 5.41) is 13.0. The van der Waals surface area contributed by atoms with E-state index >= 15 is 0 Å².